The van der Waals surface area contributed by atoms with Gasteiger partial charge in [0.25, 0.3) is 0 Å². The molecule has 10 heteroatoms. The van der Waals surface area contributed by atoms with Crippen LogP contribution in [-0.2, 0) is 27.2 Å². The van der Waals surface area contributed by atoms with Crippen molar-refractivity contribution in [2.45, 2.75) is 51.5 Å². The summed E-state index contributed by atoms with van der Waals surface area (Å²) in [5, 5.41) is 24.9. The minimum Gasteiger partial charge on any atom is -0.481 e. The Morgan fingerprint density at radius 1 is 1.00 bits per heavy atom. The van der Waals surface area contributed by atoms with E-state index in [1.807, 2.05) is 11.3 Å². The fourth-order valence-electron chi connectivity index (χ4n) is 5.43. The molecule has 0 saturated carbocycles. The van der Waals surface area contributed by atoms with Crippen LogP contribution < -0.4 is 0 Å². The van der Waals surface area contributed by atoms with Gasteiger partial charge in [-0.1, -0.05) is 62.4 Å². The maximum absolute atomic E-state index is 9.64. The third-order valence-corrected chi connectivity index (χ3v) is 9.17. The lowest BCUT2D eigenvalue weighted by Gasteiger charge is -2.43. The van der Waals surface area contributed by atoms with Crippen LogP contribution in [0.15, 0.2) is 65.7 Å². The molecule has 1 aromatic heterocycles. The molecule has 1 saturated heterocycles. The number of piperazine rings is 1. The highest BCUT2D eigenvalue weighted by Crippen LogP contribution is 2.37. The van der Waals surface area contributed by atoms with Crippen molar-refractivity contribution in [3.05, 3.63) is 87.1 Å². The number of aliphatic imine (C=N–C) groups is 1. The lowest BCUT2D eigenvalue weighted by Crippen LogP contribution is -2.56. The van der Waals surface area contributed by atoms with Gasteiger partial charge in [0.15, 0.2) is 0 Å². The predicted molar refractivity (Wildman–Crippen MR) is 173 cm³/mol. The summed E-state index contributed by atoms with van der Waals surface area (Å²) in [7, 11) is 0. The fraction of sp³-hybridized carbons (Fsp3) is 0.441. The molecule has 1 atom stereocenters. The molecule has 0 aliphatic carbocycles. The molecule has 0 amide bonds. The molecule has 3 heterocycles. The van der Waals surface area contributed by atoms with Crippen LogP contribution in [0.3, 0.4) is 0 Å². The second-order valence-corrected chi connectivity index (χ2v) is 12.5. The zero-order chi connectivity index (χ0) is 31.5. The second-order valence-electron chi connectivity index (χ2n) is 11.3. The summed E-state index contributed by atoms with van der Waals surface area (Å²) in [4.78, 5) is 32.5. The summed E-state index contributed by atoms with van der Waals surface area (Å²) in [6.45, 7) is 9.40. The van der Waals surface area contributed by atoms with Gasteiger partial charge in [0.1, 0.15) is 5.84 Å². The largest absolute Gasteiger partial charge is 0.481 e. The van der Waals surface area contributed by atoms with E-state index in [4.69, 9.17) is 25.0 Å². The zero-order valence-electron chi connectivity index (χ0n) is 25.5. The number of hydrogen-bond donors (Lipinski definition) is 3. The van der Waals surface area contributed by atoms with E-state index in [1.165, 1.54) is 26.4 Å². The Morgan fingerprint density at radius 3 is 2.39 bits per heavy atom. The van der Waals surface area contributed by atoms with Crippen LogP contribution in [0.4, 0.5) is 5.69 Å². The monoisotopic (exact) mass is 621 g/mol. The van der Waals surface area contributed by atoms with E-state index in [-0.39, 0.29) is 19.4 Å². The number of thiophene rings is 1. The number of benzene rings is 2. The first kappa shape index (κ1) is 33.3. The van der Waals surface area contributed by atoms with Crippen LogP contribution in [-0.4, -0.2) is 94.9 Å². The molecule has 0 radical (unpaired) electrons. The van der Waals surface area contributed by atoms with Crippen molar-refractivity contribution in [2.75, 3.05) is 46.0 Å². The first-order valence-electron chi connectivity index (χ1n) is 15.2. The maximum atomic E-state index is 9.64. The van der Waals surface area contributed by atoms with E-state index in [0.717, 1.165) is 50.5 Å². The summed E-state index contributed by atoms with van der Waals surface area (Å²) in [5.41, 5.74) is 5.09. The zero-order valence-corrected chi connectivity index (χ0v) is 26.3. The van der Waals surface area contributed by atoms with Crippen molar-refractivity contribution >= 4 is 34.8 Å². The highest BCUT2D eigenvalue weighted by molar-refractivity contribution is 7.12. The van der Waals surface area contributed by atoms with E-state index in [0.29, 0.717) is 25.2 Å². The Hall–Kier alpha value is -3.57. The Morgan fingerprint density at radius 2 is 1.70 bits per heavy atom. The van der Waals surface area contributed by atoms with Crippen LogP contribution in [0.2, 0.25) is 0 Å². The average Bonchev–Trinajstić information content (AvgIpc) is 3.36. The van der Waals surface area contributed by atoms with Crippen molar-refractivity contribution in [2.24, 2.45) is 4.99 Å². The molecule has 0 spiro atoms. The number of carbonyl (C=O) groups is 2. The van der Waals surface area contributed by atoms with Crippen molar-refractivity contribution < 1.29 is 29.6 Å². The number of fused-ring (bicyclic) bond motifs is 2. The molecule has 2 aliphatic heterocycles. The number of aliphatic hydroxyl groups excluding tert-OH is 1. The molecule has 44 heavy (non-hydrogen) atoms. The summed E-state index contributed by atoms with van der Waals surface area (Å²) in [6.07, 6.45) is 1.35. The molecule has 2 aliphatic rings. The molecular formula is C34H43N3O6S. The number of amidine groups is 1. The fourth-order valence-corrected chi connectivity index (χ4v) is 6.62. The number of para-hydroxylation sites is 1. The highest BCUT2D eigenvalue weighted by Gasteiger charge is 2.32. The van der Waals surface area contributed by atoms with Crippen LogP contribution in [0.5, 0.6) is 0 Å². The summed E-state index contributed by atoms with van der Waals surface area (Å²) >= 11 is 1.95. The van der Waals surface area contributed by atoms with E-state index in [2.05, 4.69) is 84.3 Å². The quantitative estimate of drug-likeness (QED) is 0.255. The number of nitrogens with zero attached hydrogens (tertiary/aromatic N) is 3. The van der Waals surface area contributed by atoms with Crippen LogP contribution in [0, 0.1) is 0 Å². The minimum atomic E-state index is -1.08. The molecule has 1 fully saturated rings. The number of hydrogen-bond acceptors (Lipinski definition) is 8. The van der Waals surface area contributed by atoms with Gasteiger partial charge in [-0.2, -0.15) is 0 Å². The molecule has 236 valence electrons. The summed E-state index contributed by atoms with van der Waals surface area (Å²) in [5.74, 6) is -0.507. The lowest BCUT2D eigenvalue weighted by molar-refractivity contribution is -0.143. The van der Waals surface area contributed by atoms with Gasteiger partial charge in [-0.3, -0.25) is 14.5 Å². The van der Waals surface area contributed by atoms with E-state index < -0.39 is 11.9 Å². The number of rotatable bonds is 11. The standard InChI is InChI=1S/C30H37N3O2S.C4H6O4/c1-22(2)28-20-26-29(36-28)19-24-10-6-7-11-27(24)31-30(26)33-13-12-32(14-16-35-17-15-34)25(21-33)18-23-8-4-3-5-9-23;5-3(6)1-2-4(7)8/h3-11,20,22,25,34H,12-19,21H2,1-2H3;1-2H2,(H,5,6)(H,7,8)/t25-;/m0./s1. The maximum Gasteiger partial charge on any atom is 0.303 e. The Kier molecular flexibility index (Phi) is 12.5. The van der Waals surface area contributed by atoms with Crippen LogP contribution in [0.25, 0.3) is 0 Å². The van der Waals surface area contributed by atoms with Crippen LogP contribution in [0.1, 0.15) is 59.1 Å². The Balaban J connectivity index is 0.000000488. The van der Waals surface area contributed by atoms with Crippen molar-refractivity contribution in [3.63, 3.8) is 0 Å². The van der Waals surface area contributed by atoms with Crippen molar-refractivity contribution in [3.8, 4) is 0 Å². The van der Waals surface area contributed by atoms with Gasteiger partial charge >= 0.3 is 11.9 Å². The average molecular weight is 622 g/mol. The van der Waals surface area contributed by atoms with Crippen LogP contribution >= 0.6 is 11.3 Å². The predicted octanol–water partition coefficient (Wildman–Crippen LogP) is 5.03. The smallest absolute Gasteiger partial charge is 0.303 e. The third-order valence-electron chi connectivity index (χ3n) is 7.74. The number of aliphatic hydroxyl groups is 1. The van der Waals surface area contributed by atoms with Gasteiger partial charge in [-0.05, 0) is 35.6 Å². The molecular weight excluding hydrogens is 578 g/mol. The lowest BCUT2D eigenvalue weighted by atomic mass is 10.0. The molecule has 9 nitrogen and oxygen atoms in total. The highest BCUT2D eigenvalue weighted by atomic mass is 32.1. The number of carboxylic acids is 2. The number of ether oxygens (including phenoxy) is 1. The molecule has 3 N–H and O–H groups in total. The molecule has 3 aromatic rings. The Bertz CT molecular complexity index is 1390. The van der Waals surface area contributed by atoms with E-state index >= 15 is 0 Å². The number of carboxylic acid groups (broad SMARTS) is 2. The Labute approximate surface area is 263 Å². The molecule has 2 aromatic carbocycles. The van der Waals surface area contributed by atoms with Gasteiger partial charge < -0.3 is 25.0 Å². The van der Waals surface area contributed by atoms with Crippen molar-refractivity contribution in [1.29, 1.82) is 0 Å². The molecule has 0 bridgehead atoms. The third kappa shape index (κ3) is 9.46. The van der Waals surface area contributed by atoms with Gasteiger partial charge in [-0.25, -0.2) is 4.99 Å². The first-order valence-corrected chi connectivity index (χ1v) is 16.0. The second kappa shape index (κ2) is 16.5. The normalized spacial score (nSPS) is 16.3. The molecule has 0 unspecified atom stereocenters. The van der Waals surface area contributed by atoms with Gasteiger partial charge in [0.05, 0.1) is 38.3 Å². The van der Waals surface area contributed by atoms with Gasteiger partial charge in [0, 0.05) is 54.0 Å². The van der Waals surface area contributed by atoms with Gasteiger partial charge in [-0.15, -0.1) is 11.3 Å². The van der Waals surface area contributed by atoms with Crippen molar-refractivity contribution in [1.82, 2.24) is 9.80 Å². The van der Waals surface area contributed by atoms with Gasteiger partial charge in [0.2, 0.25) is 0 Å². The minimum absolute atomic E-state index is 0.0733. The van der Waals surface area contributed by atoms with E-state index in [1.54, 1.807) is 0 Å². The SMILES string of the molecule is CC(C)c1cc2c(s1)Cc1ccccc1N=C2N1CCN(CCOCCO)[C@@H](Cc2ccccc2)C1.O=C(O)CCC(=O)O. The number of aliphatic carboxylic acids is 2. The molecule has 5 rings (SSSR count). The first-order chi connectivity index (χ1) is 21.2. The summed E-state index contributed by atoms with van der Waals surface area (Å²) < 4.78 is 5.63. The summed E-state index contributed by atoms with van der Waals surface area (Å²) in [6, 6.07) is 22.2. The van der Waals surface area contributed by atoms with E-state index in [9.17, 15) is 9.59 Å². The topological polar surface area (TPSA) is 123 Å².